The maximum absolute atomic E-state index is 13.0. The number of hydrogen-bond acceptors (Lipinski definition) is 3. The van der Waals surface area contributed by atoms with Gasteiger partial charge in [-0.25, -0.2) is 0 Å². The highest BCUT2D eigenvalue weighted by molar-refractivity contribution is 9.10. The van der Waals surface area contributed by atoms with E-state index in [4.69, 9.17) is 4.74 Å². The third kappa shape index (κ3) is 3.91. The van der Waals surface area contributed by atoms with Crippen molar-refractivity contribution in [2.45, 2.75) is 40.7 Å². The van der Waals surface area contributed by atoms with Gasteiger partial charge in [0.05, 0.1) is 11.1 Å². The molecule has 0 bridgehead atoms. The van der Waals surface area contributed by atoms with Crippen LogP contribution in [0, 0.1) is 20.8 Å². The molecule has 1 aromatic carbocycles. The number of rotatable bonds is 6. The van der Waals surface area contributed by atoms with Gasteiger partial charge < -0.3 is 14.6 Å². The molecule has 26 heavy (non-hydrogen) atoms. The van der Waals surface area contributed by atoms with E-state index in [-0.39, 0.29) is 16.9 Å². The lowest BCUT2D eigenvalue weighted by atomic mass is 10.1. The van der Waals surface area contributed by atoms with Crippen molar-refractivity contribution in [2.24, 2.45) is 0 Å². The summed E-state index contributed by atoms with van der Waals surface area (Å²) in [6.07, 6.45) is 0.572. The summed E-state index contributed by atoms with van der Waals surface area (Å²) in [6.45, 7) is 8.76. The van der Waals surface area contributed by atoms with E-state index in [1.54, 1.807) is 7.11 Å². The van der Waals surface area contributed by atoms with Crippen molar-refractivity contribution in [2.75, 3.05) is 19.0 Å². The molecule has 2 aromatic rings. The van der Waals surface area contributed by atoms with Crippen LogP contribution in [0.5, 0.6) is 0 Å². The van der Waals surface area contributed by atoms with Gasteiger partial charge in [0.2, 0.25) is 5.43 Å². The quantitative estimate of drug-likeness (QED) is 0.767. The Morgan fingerprint density at radius 2 is 1.85 bits per heavy atom. The van der Waals surface area contributed by atoms with Gasteiger partial charge in [-0.15, -0.1) is 0 Å². The number of carbonyl (C=O) groups excluding carboxylic acids is 1. The molecule has 0 aliphatic carbocycles. The van der Waals surface area contributed by atoms with Crippen LogP contribution in [-0.2, 0) is 17.7 Å². The van der Waals surface area contributed by atoms with Crippen molar-refractivity contribution in [1.82, 2.24) is 4.57 Å². The second-order valence-electron chi connectivity index (χ2n) is 6.27. The van der Waals surface area contributed by atoms with Crippen molar-refractivity contribution < 1.29 is 9.53 Å². The van der Waals surface area contributed by atoms with Gasteiger partial charge in [-0.3, -0.25) is 9.59 Å². The van der Waals surface area contributed by atoms with E-state index in [1.807, 2.05) is 50.5 Å². The molecular weight excluding hydrogens is 396 g/mol. The average Bonchev–Trinajstić information content (AvgIpc) is 2.61. The molecule has 0 saturated carbocycles. The number of methoxy groups -OCH3 is 1. The van der Waals surface area contributed by atoms with E-state index in [1.165, 1.54) is 0 Å². The highest BCUT2D eigenvalue weighted by Gasteiger charge is 2.23. The fourth-order valence-corrected chi connectivity index (χ4v) is 3.55. The summed E-state index contributed by atoms with van der Waals surface area (Å²) in [6, 6.07) is 5.81. The van der Waals surface area contributed by atoms with Crippen molar-refractivity contribution in [3.8, 4) is 0 Å². The Labute approximate surface area is 162 Å². The summed E-state index contributed by atoms with van der Waals surface area (Å²) in [7, 11) is 1.63. The molecule has 140 valence electrons. The Morgan fingerprint density at radius 3 is 2.38 bits per heavy atom. The molecule has 6 heteroatoms. The minimum atomic E-state index is -0.379. The molecule has 2 rings (SSSR count). The zero-order chi connectivity index (χ0) is 19.4. The van der Waals surface area contributed by atoms with E-state index in [0.717, 1.165) is 28.2 Å². The summed E-state index contributed by atoms with van der Waals surface area (Å²) < 4.78 is 7.58. The molecular formula is C20H25BrN2O3. The molecule has 5 nitrogen and oxygen atoms in total. The van der Waals surface area contributed by atoms with Gasteiger partial charge >= 0.3 is 0 Å². The number of aromatic nitrogens is 1. The number of nitrogens with one attached hydrogen (secondary N) is 1. The van der Waals surface area contributed by atoms with Crippen LogP contribution in [0.2, 0.25) is 0 Å². The third-order valence-corrected chi connectivity index (χ3v) is 5.50. The molecule has 1 N–H and O–H groups in total. The molecule has 0 atom stereocenters. The van der Waals surface area contributed by atoms with Crippen LogP contribution in [0.1, 0.15) is 39.8 Å². The first kappa shape index (κ1) is 20.4. The molecule has 0 spiro atoms. The van der Waals surface area contributed by atoms with Gasteiger partial charge in [0.1, 0.15) is 5.56 Å². The molecule has 0 aliphatic rings. The Hall–Kier alpha value is -1.92. The summed E-state index contributed by atoms with van der Waals surface area (Å²) in [5.41, 5.74) is 4.09. The lowest BCUT2D eigenvalue weighted by Gasteiger charge is -2.21. The first-order valence-corrected chi connectivity index (χ1v) is 9.41. The van der Waals surface area contributed by atoms with E-state index >= 15 is 0 Å². The summed E-state index contributed by atoms with van der Waals surface area (Å²) in [5.74, 6) is -0.379. The van der Waals surface area contributed by atoms with E-state index in [0.29, 0.717) is 24.0 Å². The van der Waals surface area contributed by atoms with E-state index in [9.17, 15) is 9.59 Å². The second-order valence-corrected chi connectivity index (χ2v) is 7.06. The Kier molecular flexibility index (Phi) is 6.78. The number of amides is 1. The van der Waals surface area contributed by atoms with E-state index < -0.39 is 0 Å². The molecule has 0 radical (unpaired) electrons. The number of anilines is 1. The molecule has 1 heterocycles. The van der Waals surface area contributed by atoms with Gasteiger partial charge in [0.25, 0.3) is 5.91 Å². The number of carbonyl (C=O) groups is 1. The number of halogens is 1. The molecule has 0 aliphatic heterocycles. The number of nitrogens with zero attached hydrogens (tertiary/aromatic N) is 1. The maximum atomic E-state index is 13.0. The normalized spacial score (nSPS) is 10.8. The maximum Gasteiger partial charge on any atom is 0.261 e. The first-order chi connectivity index (χ1) is 12.3. The topological polar surface area (TPSA) is 60.3 Å². The fourth-order valence-electron chi connectivity index (χ4n) is 3.14. The molecule has 1 amide bonds. The molecule has 1 aromatic heterocycles. The number of ether oxygens (including phenoxy) is 1. The largest absolute Gasteiger partial charge is 0.383 e. The van der Waals surface area contributed by atoms with Crippen molar-refractivity contribution in [3.05, 3.63) is 61.0 Å². The van der Waals surface area contributed by atoms with Crippen molar-refractivity contribution in [3.63, 3.8) is 0 Å². The Morgan fingerprint density at radius 1 is 1.23 bits per heavy atom. The minimum absolute atomic E-state index is 0.184. The van der Waals surface area contributed by atoms with Crippen molar-refractivity contribution in [1.29, 1.82) is 0 Å². The number of benzene rings is 1. The number of hydrogen-bond donors (Lipinski definition) is 1. The SMILES string of the molecule is CCc1c(C(=O)Nc2c(C)cccc2C)c(=O)c(Br)c(C)n1CCOC. The molecule has 0 unspecified atom stereocenters. The fraction of sp³-hybridized carbons (Fsp3) is 0.400. The number of aryl methyl sites for hydroxylation is 2. The lowest BCUT2D eigenvalue weighted by molar-refractivity contribution is 0.102. The Bertz CT molecular complexity index is 867. The van der Waals surface area contributed by atoms with Gasteiger partial charge in [-0.05, 0) is 54.2 Å². The number of pyridine rings is 1. The molecule has 0 fully saturated rings. The average molecular weight is 421 g/mol. The summed E-state index contributed by atoms with van der Waals surface area (Å²) in [4.78, 5) is 25.9. The van der Waals surface area contributed by atoms with Crippen LogP contribution in [0.25, 0.3) is 0 Å². The van der Waals surface area contributed by atoms with Crippen LogP contribution in [0.4, 0.5) is 5.69 Å². The van der Waals surface area contributed by atoms with Gasteiger partial charge in [0.15, 0.2) is 0 Å². The van der Waals surface area contributed by atoms with Crippen LogP contribution < -0.4 is 10.7 Å². The van der Waals surface area contributed by atoms with Crippen LogP contribution in [-0.4, -0.2) is 24.2 Å². The highest BCUT2D eigenvalue weighted by atomic mass is 79.9. The van der Waals surface area contributed by atoms with Gasteiger partial charge in [0, 0.05) is 30.7 Å². The number of para-hydroxylation sites is 1. The monoisotopic (exact) mass is 420 g/mol. The zero-order valence-electron chi connectivity index (χ0n) is 15.9. The lowest BCUT2D eigenvalue weighted by Crippen LogP contribution is -2.30. The minimum Gasteiger partial charge on any atom is -0.383 e. The van der Waals surface area contributed by atoms with Crippen molar-refractivity contribution >= 4 is 27.5 Å². The standard InChI is InChI=1S/C20H25BrN2O3/c1-6-15-16(19(24)17(21)14(4)23(15)10-11-26-5)20(25)22-18-12(2)8-7-9-13(18)3/h7-9H,6,10-11H2,1-5H3,(H,22,25). The first-order valence-electron chi connectivity index (χ1n) is 8.61. The van der Waals surface area contributed by atoms with E-state index in [2.05, 4.69) is 21.2 Å². The predicted molar refractivity (Wildman–Crippen MR) is 108 cm³/mol. The van der Waals surface area contributed by atoms with Gasteiger partial charge in [-0.1, -0.05) is 25.1 Å². The summed E-state index contributed by atoms with van der Waals surface area (Å²) in [5, 5.41) is 2.94. The summed E-state index contributed by atoms with van der Waals surface area (Å²) >= 11 is 3.36. The molecule has 0 saturated heterocycles. The predicted octanol–water partition coefficient (Wildman–Crippen LogP) is 4.00. The van der Waals surface area contributed by atoms with Crippen LogP contribution in [0.15, 0.2) is 27.5 Å². The van der Waals surface area contributed by atoms with Crippen LogP contribution >= 0.6 is 15.9 Å². The van der Waals surface area contributed by atoms with Crippen LogP contribution in [0.3, 0.4) is 0 Å². The van der Waals surface area contributed by atoms with Gasteiger partial charge in [-0.2, -0.15) is 0 Å². The smallest absolute Gasteiger partial charge is 0.261 e. The Balaban J connectivity index is 2.59. The second kappa shape index (κ2) is 8.64. The zero-order valence-corrected chi connectivity index (χ0v) is 17.5. The highest BCUT2D eigenvalue weighted by Crippen LogP contribution is 2.22. The third-order valence-electron chi connectivity index (χ3n) is 4.56.